The van der Waals surface area contributed by atoms with Gasteiger partial charge in [0, 0.05) is 0 Å². The smallest absolute Gasteiger partial charge is 0.258 e. The Bertz CT molecular complexity index is 671. The molecule has 2 rings (SSSR count). The Morgan fingerprint density at radius 1 is 1.29 bits per heavy atom. The summed E-state index contributed by atoms with van der Waals surface area (Å²) in [5, 5.41) is 0.592. The molecule has 0 saturated heterocycles. The van der Waals surface area contributed by atoms with Gasteiger partial charge in [0.25, 0.3) is 5.56 Å². The van der Waals surface area contributed by atoms with E-state index in [2.05, 4.69) is 41.1 Å². The van der Waals surface area contributed by atoms with E-state index < -0.39 is 8.07 Å². The molecule has 0 spiro atoms. The van der Waals surface area contributed by atoms with Gasteiger partial charge < -0.3 is 4.98 Å². The number of hydrogen-bond donors (Lipinski definition) is 1. The quantitative estimate of drug-likeness (QED) is 0.568. The number of H-pyrrole nitrogens is 1. The molecule has 2 aromatic rings. The van der Waals surface area contributed by atoms with Gasteiger partial charge in [0.2, 0.25) is 0 Å². The van der Waals surface area contributed by atoms with Crippen molar-refractivity contribution in [1.29, 1.82) is 0 Å². The third kappa shape index (κ3) is 2.63. The molecule has 1 aromatic heterocycles. The third-order valence-corrected chi connectivity index (χ3v) is 3.12. The van der Waals surface area contributed by atoms with Gasteiger partial charge in [-0.3, -0.25) is 4.79 Å². The van der Waals surface area contributed by atoms with Crippen LogP contribution in [0.2, 0.25) is 19.6 Å². The Labute approximate surface area is 101 Å². The van der Waals surface area contributed by atoms with E-state index >= 15 is 0 Å². The highest BCUT2D eigenvalue weighted by molar-refractivity contribution is 6.83. The van der Waals surface area contributed by atoms with Crippen LogP contribution in [-0.2, 0) is 0 Å². The summed E-state index contributed by atoms with van der Waals surface area (Å²) in [5.74, 6) is 3.15. The fourth-order valence-corrected chi connectivity index (χ4v) is 1.96. The molecule has 0 saturated carbocycles. The molecule has 4 heteroatoms. The van der Waals surface area contributed by atoms with Crippen LogP contribution in [0, 0.1) is 11.5 Å². The van der Waals surface area contributed by atoms with Crippen molar-refractivity contribution in [3.63, 3.8) is 0 Å². The molecular formula is C13H14N2OSi. The Hall–Kier alpha value is -1.86. The van der Waals surface area contributed by atoms with Crippen LogP contribution < -0.4 is 5.56 Å². The third-order valence-electron chi connectivity index (χ3n) is 2.24. The van der Waals surface area contributed by atoms with Crippen LogP contribution in [0.4, 0.5) is 0 Å². The van der Waals surface area contributed by atoms with Crippen LogP contribution in [0.3, 0.4) is 0 Å². The maximum Gasteiger partial charge on any atom is 0.258 e. The molecule has 0 aliphatic rings. The molecule has 0 amide bonds. The Balaban J connectivity index is 2.67. The molecule has 3 nitrogen and oxygen atoms in total. The molecule has 1 aromatic carbocycles. The van der Waals surface area contributed by atoms with E-state index in [1.807, 2.05) is 12.1 Å². The zero-order chi connectivity index (χ0) is 12.5. The predicted molar refractivity (Wildman–Crippen MR) is 72.6 cm³/mol. The number of aromatic nitrogens is 2. The van der Waals surface area contributed by atoms with Crippen LogP contribution in [-0.4, -0.2) is 18.0 Å². The second kappa shape index (κ2) is 4.19. The fourth-order valence-electron chi connectivity index (χ4n) is 1.45. The van der Waals surface area contributed by atoms with Crippen LogP contribution in [0.25, 0.3) is 10.9 Å². The normalized spacial score (nSPS) is 11.0. The number of hydrogen-bond acceptors (Lipinski definition) is 2. The van der Waals surface area contributed by atoms with Crippen molar-refractivity contribution in [2.24, 2.45) is 0 Å². The molecule has 86 valence electrons. The van der Waals surface area contributed by atoms with Crippen LogP contribution in [0.1, 0.15) is 5.56 Å². The maximum atomic E-state index is 11.6. The van der Waals surface area contributed by atoms with Gasteiger partial charge in [-0.2, -0.15) is 0 Å². The first-order chi connectivity index (χ1) is 7.97. The van der Waals surface area contributed by atoms with E-state index in [0.717, 1.165) is 5.56 Å². The van der Waals surface area contributed by atoms with E-state index in [-0.39, 0.29) is 5.56 Å². The Morgan fingerprint density at radius 2 is 2.06 bits per heavy atom. The summed E-state index contributed by atoms with van der Waals surface area (Å²) in [5.41, 5.74) is 4.68. The summed E-state index contributed by atoms with van der Waals surface area (Å²) in [7, 11) is -1.42. The number of nitrogens with zero attached hydrogens (tertiary/aromatic N) is 1. The summed E-state index contributed by atoms with van der Waals surface area (Å²) in [6.45, 7) is 6.56. The van der Waals surface area contributed by atoms with E-state index in [4.69, 9.17) is 0 Å². The lowest BCUT2D eigenvalue weighted by atomic mass is 10.1. The number of para-hydroxylation sites is 1. The van der Waals surface area contributed by atoms with Crippen molar-refractivity contribution in [3.05, 3.63) is 40.4 Å². The van der Waals surface area contributed by atoms with Crippen molar-refractivity contribution in [2.75, 3.05) is 0 Å². The lowest BCUT2D eigenvalue weighted by Gasteiger charge is -2.04. The SMILES string of the molecule is C[Si](C)(C)C#Cc1cccc2c(=O)[nH]cnc12. The average Bonchev–Trinajstić information content (AvgIpc) is 2.26. The first-order valence-electron chi connectivity index (χ1n) is 5.47. The monoisotopic (exact) mass is 242 g/mol. The zero-order valence-corrected chi connectivity index (χ0v) is 11.2. The van der Waals surface area contributed by atoms with Gasteiger partial charge in [-0.05, 0) is 12.1 Å². The lowest BCUT2D eigenvalue weighted by Crippen LogP contribution is -2.16. The van der Waals surface area contributed by atoms with Gasteiger partial charge in [-0.1, -0.05) is 31.6 Å². The molecule has 17 heavy (non-hydrogen) atoms. The summed E-state index contributed by atoms with van der Waals surface area (Å²) >= 11 is 0. The largest absolute Gasteiger partial charge is 0.313 e. The first kappa shape index (κ1) is 11.6. The van der Waals surface area contributed by atoms with Crippen LogP contribution >= 0.6 is 0 Å². The second-order valence-electron chi connectivity index (χ2n) is 4.93. The predicted octanol–water partition coefficient (Wildman–Crippen LogP) is 2.15. The number of nitrogens with one attached hydrogen (secondary N) is 1. The summed E-state index contributed by atoms with van der Waals surface area (Å²) in [6, 6.07) is 5.51. The molecule has 0 unspecified atom stereocenters. The lowest BCUT2D eigenvalue weighted by molar-refractivity contribution is 1.17. The molecule has 1 N–H and O–H groups in total. The van der Waals surface area contributed by atoms with Crippen LogP contribution in [0.15, 0.2) is 29.3 Å². The zero-order valence-electron chi connectivity index (χ0n) is 10.2. The first-order valence-corrected chi connectivity index (χ1v) is 8.97. The Morgan fingerprint density at radius 3 is 2.76 bits per heavy atom. The molecule has 0 radical (unpaired) electrons. The Kier molecular flexibility index (Phi) is 2.86. The average molecular weight is 242 g/mol. The van der Waals surface area contributed by atoms with Gasteiger partial charge in [-0.15, -0.1) is 5.54 Å². The number of fused-ring (bicyclic) bond motifs is 1. The van der Waals surface area contributed by atoms with Gasteiger partial charge in [-0.25, -0.2) is 4.98 Å². The van der Waals surface area contributed by atoms with Gasteiger partial charge in [0.05, 0.1) is 22.8 Å². The van der Waals surface area contributed by atoms with Gasteiger partial charge in [0.15, 0.2) is 0 Å². The summed E-state index contributed by atoms with van der Waals surface area (Å²) in [6.07, 6.45) is 1.42. The van der Waals surface area contributed by atoms with Gasteiger partial charge >= 0.3 is 0 Å². The number of benzene rings is 1. The minimum atomic E-state index is -1.42. The molecule has 0 aliphatic heterocycles. The molecule has 0 fully saturated rings. The minimum absolute atomic E-state index is 0.119. The maximum absolute atomic E-state index is 11.6. The van der Waals surface area contributed by atoms with Gasteiger partial charge in [0.1, 0.15) is 8.07 Å². The van der Waals surface area contributed by atoms with Crippen molar-refractivity contribution < 1.29 is 0 Å². The minimum Gasteiger partial charge on any atom is -0.313 e. The van der Waals surface area contributed by atoms with Crippen molar-refractivity contribution in [1.82, 2.24) is 9.97 Å². The highest BCUT2D eigenvalue weighted by Gasteiger charge is 2.08. The van der Waals surface area contributed by atoms with E-state index in [0.29, 0.717) is 10.9 Å². The highest BCUT2D eigenvalue weighted by atomic mass is 28.3. The summed E-state index contributed by atoms with van der Waals surface area (Å²) in [4.78, 5) is 18.4. The van der Waals surface area contributed by atoms with Crippen molar-refractivity contribution >= 4 is 19.0 Å². The van der Waals surface area contributed by atoms with E-state index in [1.54, 1.807) is 6.07 Å². The van der Waals surface area contributed by atoms with E-state index in [9.17, 15) is 4.79 Å². The topological polar surface area (TPSA) is 45.8 Å². The molecular weight excluding hydrogens is 228 g/mol. The van der Waals surface area contributed by atoms with Crippen molar-refractivity contribution in [3.8, 4) is 11.5 Å². The van der Waals surface area contributed by atoms with Crippen molar-refractivity contribution in [2.45, 2.75) is 19.6 Å². The molecule has 0 atom stereocenters. The number of rotatable bonds is 0. The summed E-state index contributed by atoms with van der Waals surface area (Å²) < 4.78 is 0. The standard InChI is InChI=1S/C13H14N2OSi/c1-17(2,3)8-7-10-5-4-6-11-12(10)14-9-15-13(11)16/h4-6,9H,1-3H3,(H,14,15,16). The highest BCUT2D eigenvalue weighted by Crippen LogP contribution is 2.11. The molecule has 0 aliphatic carbocycles. The van der Waals surface area contributed by atoms with E-state index in [1.165, 1.54) is 6.33 Å². The molecule has 0 bridgehead atoms. The molecule has 1 heterocycles. The van der Waals surface area contributed by atoms with Crippen LogP contribution in [0.5, 0.6) is 0 Å². The number of aromatic amines is 1. The fraction of sp³-hybridized carbons (Fsp3) is 0.231. The second-order valence-corrected chi connectivity index (χ2v) is 9.68.